The maximum atomic E-state index is 16.6. The molecule has 2 heterocycles. The molecule has 2 N–H and O–H groups in total. The summed E-state index contributed by atoms with van der Waals surface area (Å²) >= 11 is 0. The highest BCUT2D eigenvalue weighted by Crippen LogP contribution is 2.40. The molecule has 51 heavy (non-hydrogen) atoms. The van der Waals surface area contributed by atoms with Crippen molar-refractivity contribution in [1.29, 1.82) is 0 Å². The standard InChI is InChI=1S/C38H41F6N3O4/c1-7-8-24-16-26(33-21(4)14-25(39)15-22(33)5)36(41)34(35(24)40)29(18-32(49)50)45-37(51)30(13-20(2)3)47-19-27(23-9-11-46(6)12-10-23)28(17-31(47)48)38(42,43)44/h14-17,19-20,23,29-30H,9-13,18H2,1-6H3,(H,45,51)(H,49,50)/t29-,30+/m1/s1. The molecule has 1 aromatic heterocycles. The fraction of sp³-hybridized carbons (Fsp3) is 0.447. The summed E-state index contributed by atoms with van der Waals surface area (Å²) in [4.78, 5) is 41.6. The van der Waals surface area contributed by atoms with Gasteiger partial charge in [-0.25, -0.2) is 13.2 Å². The third-order valence-corrected chi connectivity index (χ3v) is 9.21. The minimum atomic E-state index is -4.85. The minimum Gasteiger partial charge on any atom is -0.481 e. The molecule has 1 aliphatic rings. The number of carbonyl (C=O) groups is 2. The molecule has 0 saturated carbocycles. The number of aromatic nitrogens is 1. The van der Waals surface area contributed by atoms with E-state index in [0.29, 0.717) is 43.1 Å². The van der Waals surface area contributed by atoms with Crippen molar-refractivity contribution in [2.45, 2.75) is 84.5 Å². The van der Waals surface area contributed by atoms with Crippen molar-refractivity contribution >= 4 is 11.9 Å². The van der Waals surface area contributed by atoms with E-state index in [-0.39, 0.29) is 34.6 Å². The Hall–Kier alpha value is -4.57. The molecule has 2 atom stereocenters. The molecular formula is C38H41F6N3O4. The number of carboxylic acid groups (broad SMARTS) is 1. The topological polar surface area (TPSA) is 91.6 Å². The smallest absolute Gasteiger partial charge is 0.416 e. The average Bonchev–Trinajstić information content (AvgIpc) is 3.01. The monoisotopic (exact) mass is 717 g/mol. The summed E-state index contributed by atoms with van der Waals surface area (Å²) in [5.74, 6) is -1.37. The van der Waals surface area contributed by atoms with Crippen LogP contribution in [0, 0.1) is 49.1 Å². The van der Waals surface area contributed by atoms with Gasteiger partial charge in [0, 0.05) is 23.4 Å². The van der Waals surface area contributed by atoms with Gasteiger partial charge in [0.2, 0.25) is 5.91 Å². The van der Waals surface area contributed by atoms with Crippen LogP contribution in [0.4, 0.5) is 26.3 Å². The molecular weight excluding hydrogens is 676 g/mol. The molecule has 7 nitrogen and oxygen atoms in total. The first-order chi connectivity index (χ1) is 23.8. The number of carboxylic acids is 1. The molecule has 0 aliphatic carbocycles. The van der Waals surface area contributed by atoms with Gasteiger partial charge in [-0.1, -0.05) is 19.8 Å². The lowest BCUT2D eigenvalue weighted by Gasteiger charge is -2.32. The molecule has 0 spiro atoms. The second kappa shape index (κ2) is 15.8. The maximum absolute atomic E-state index is 16.6. The highest BCUT2D eigenvalue weighted by Gasteiger charge is 2.39. The summed E-state index contributed by atoms with van der Waals surface area (Å²) in [5.41, 5.74) is -2.86. The number of rotatable bonds is 10. The molecule has 0 radical (unpaired) electrons. The van der Waals surface area contributed by atoms with Crippen molar-refractivity contribution in [2.75, 3.05) is 20.1 Å². The van der Waals surface area contributed by atoms with Gasteiger partial charge in [-0.15, -0.1) is 5.92 Å². The van der Waals surface area contributed by atoms with E-state index in [1.807, 2.05) is 11.9 Å². The third kappa shape index (κ3) is 8.84. The number of nitrogens with one attached hydrogen (secondary N) is 1. The van der Waals surface area contributed by atoms with Crippen molar-refractivity contribution in [3.8, 4) is 23.0 Å². The number of likely N-dealkylation sites (tertiary alicyclic amines) is 1. The predicted octanol–water partition coefficient (Wildman–Crippen LogP) is 7.67. The van der Waals surface area contributed by atoms with Crippen molar-refractivity contribution in [3.63, 3.8) is 0 Å². The third-order valence-electron chi connectivity index (χ3n) is 9.21. The van der Waals surface area contributed by atoms with E-state index in [4.69, 9.17) is 0 Å². The summed E-state index contributed by atoms with van der Waals surface area (Å²) in [5, 5.41) is 12.3. The van der Waals surface area contributed by atoms with E-state index in [1.54, 1.807) is 13.8 Å². The molecule has 0 bridgehead atoms. The second-order valence-electron chi connectivity index (χ2n) is 13.6. The first-order valence-electron chi connectivity index (χ1n) is 16.6. The molecule has 1 fully saturated rings. The van der Waals surface area contributed by atoms with Gasteiger partial charge in [-0.05, 0) is 112 Å². The number of nitrogens with zero attached hydrogens (tertiary/aromatic N) is 2. The fourth-order valence-electron chi connectivity index (χ4n) is 6.87. The van der Waals surface area contributed by atoms with Crippen LogP contribution in [-0.2, 0) is 15.8 Å². The SMILES string of the molecule is CC#Cc1cc(-c2c(C)cc(F)cc2C)c(F)c([C@@H](CC(=O)O)NC(=O)[C@H](CC(C)C)n2cc(C3CCN(C)CC3)c(C(F)(F)F)cc2=O)c1F. The van der Waals surface area contributed by atoms with Gasteiger partial charge >= 0.3 is 12.1 Å². The van der Waals surface area contributed by atoms with Crippen LogP contribution in [0.5, 0.6) is 0 Å². The Labute approximate surface area is 292 Å². The van der Waals surface area contributed by atoms with E-state index in [2.05, 4.69) is 17.2 Å². The summed E-state index contributed by atoms with van der Waals surface area (Å²) < 4.78 is 90.6. The first-order valence-corrected chi connectivity index (χ1v) is 16.6. The van der Waals surface area contributed by atoms with Gasteiger partial charge in [0.25, 0.3) is 5.56 Å². The predicted molar refractivity (Wildman–Crippen MR) is 181 cm³/mol. The largest absolute Gasteiger partial charge is 0.481 e. The molecule has 2 aromatic carbocycles. The average molecular weight is 718 g/mol. The summed E-state index contributed by atoms with van der Waals surface area (Å²) in [6, 6.07) is 0.601. The Morgan fingerprint density at radius 1 is 1.02 bits per heavy atom. The van der Waals surface area contributed by atoms with E-state index in [9.17, 15) is 37.1 Å². The molecule has 1 saturated heterocycles. The lowest BCUT2D eigenvalue weighted by atomic mass is 9.87. The van der Waals surface area contributed by atoms with Crippen molar-refractivity contribution in [2.24, 2.45) is 5.92 Å². The quantitative estimate of drug-likeness (QED) is 0.166. The zero-order chi connectivity index (χ0) is 37.9. The highest BCUT2D eigenvalue weighted by molar-refractivity contribution is 5.82. The van der Waals surface area contributed by atoms with Gasteiger partial charge in [-0.2, -0.15) is 13.2 Å². The van der Waals surface area contributed by atoms with E-state index in [0.717, 1.165) is 29.0 Å². The first kappa shape index (κ1) is 39.2. The number of alkyl halides is 3. The normalized spacial score (nSPS) is 15.3. The molecule has 13 heteroatoms. The maximum Gasteiger partial charge on any atom is 0.416 e. The van der Waals surface area contributed by atoms with Crippen LogP contribution >= 0.6 is 0 Å². The van der Waals surface area contributed by atoms with Gasteiger partial charge < -0.3 is 19.9 Å². The van der Waals surface area contributed by atoms with Crippen molar-refractivity contribution in [1.82, 2.24) is 14.8 Å². The summed E-state index contributed by atoms with van der Waals surface area (Å²) in [6.45, 7) is 8.92. The molecule has 0 unspecified atom stereocenters. The Bertz CT molecular complexity index is 1910. The molecule has 4 rings (SSSR count). The summed E-state index contributed by atoms with van der Waals surface area (Å²) in [6.07, 6.45) is -4.11. The number of piperidine rings is 1. The zero-order valence-electron chi connectivity index (χ0n) is 29.3. The van der Waals surface area contributed by atoms with Crippen LogP contribution < -0.4 is 10.9 Å². The van der Waals surface area contributed by atoms with Crippen LogP contribution in [0.15, 0.2) is 35.3 Å². The molecule has 274 valence electrons. The Morgan fingerprint density at radius 3 is 2.16 bits per heavy atom. The zero-order valence-corrected chi connectivity index (χ0v) is 29.3. The minimum absolute atomic E-state index is 0.0741. The van der Waals surface area contributed by atoms with Crippen LogP contribution in [-0.4, -0.2) is 46.6 Å². The Morgan fingerprint density at radius 2 is 1.63 bits per heavy atom. The van der Waals surface area contributed by atoms with Gasteiger partial charge in [0.15, 0.2) is 0 Å². The number of pyridine rings is 1. The van der Waals surface area contributed by atoms with Crippen molar-refractivity contribution in [3.05, 3.63) is 91.6 Å². The number of hydrogen-bond donors (Lipinski definition) is 2. The van der Waals surface area contributed by atoms with Gasteiger partial charge in [0.05, 0.1) is 23.6 Å². The highest BCUT2D eigenvalue weighted by atomic mass is 19.4. The number of hydrogen-bond acceptors (Lipinski definition) is 4. The number of carbonyl (C=O) groups excluding carboxylic acids is 1. The second-order valence-corrected chi connectivity index (χ2v) is 13.6. The Balaban J connectivity index is 1.89. The van der Waals surface area contributed by atoms with E-state index >= 15 is 8.78 Å². The van der Waals surface area contributed by atoms with Crippen LogP contribution in [0.2, 0.25) is 0 Å². The van der Waals surface area contributed by atoms with Crippen LogP contribution in [0.3, 0.4) is 0 Å². The summed E-state index contributed by atoms with van der Waals surface area (Å²) in [7, 11) is 1.85. The number of aryl methyl sites for hydroxylation is 2. The van der Waals surface area contributed by atoms with Gasteiger partial charge in [0.1, 0.15) is 23.5 Å². The van der Waals surface area contributed by atoms with Crippen LogP contribution in [0.1, 0.15) is 97.8 Å². The molecule has 3 aromatic rings. The van der Waals surface area contributed by atoms with Crippen LogP contribution in [0.25, 0.3) is 11.1 Å². The fourth-order valence-corrected chi connectivity index (χ4v) is 6.87. The number of amides is 1. The molecule has 1 aliphatic heterocycles. The lowest BCUT2D eigenvalue weighted by Crippen LogP contribution is -2.41. The Kier molecular flexibility index (Phi) is 12.1. The number of benzene rings is 2. The number of halogens is 6. The molecule has 1 amide bonds. The van der Waals surface area contributed by atoms with E-state index < -0.39 is 76.6 Å². The lowest BCUT2D eigenvalue weighted by molar-refractivity contribution is -0.139. The van der Waals surface area contributed by atoms with Crippen molar-refractivity contribution < 1.29 is 41.0 Å². The number of aliphatic carboxylic acids is 1. The van der Waals surface area contributed by atoms with Gasteiger partial charge in [-0.3, -0.25) is 14.4 Å². The van der Waals surface area contributed by atoms with E-state index in [1.165, 1.54) is 20.8 Å².